The van der Waals surface area contributed by atoms with Crippen LogP contribution in [0.15, 0.2) is 76.5 Å². The highest BCUT2D eigenvalue weighted by Crippen LogP contribution is 2.31. The highest BCUT2D eigenvalue weighted by atomic mass is 32.8. The number of halogens is 3. The number of furan rings is 1. The summed E-state index contributed by atoms with van der Waals surface area (Å²) < 4.78 is 59.3. The SMILES string of the molecule is O=C(NCc1cc(-c2ccc(C(F)(F)F)cn2)ccn1)[C@@H]1CCCN1S(=O)(=S)c1cc2ccccc2o1. The van der Waals surface area contributed by atoms with Crippen LogP contribution in [0.4, 0.5) is 13.2 Å². The van der Waals surface area contributed by atoms with E-state index in [1.807, 2.05) is 18.2 Å². The maximum absolute atomic E-state index is 13.6. The van der Waals surface area contributed by atoms with Crippen molar-refractivity contribution < 1.29 is 26.6 Å². The predicted molar refractivity (Wildman–Crippen MR) is 134 cm³/mol. The van der Waals surface area contributed by atoms with E-state index in [9.17, 15) is 22.2 Å². The molecule has 12 heteroatoms. The second kappa shape index (κ2) is 9.84. The summed E-state index contributed by atoms with van der Waals surface area (Å²) in [5.74, 6) is -0.342. The molecule has 1 aromatic carbocycles. The predicted octanol–water partition coefficient (Wildman–Crippen LogP) is 4.71. The molecule has 0 saturated carbocycles. The molecule has 0 aliphatic carbocycles. The van der Waals surface area contributed by atoms with Gasteiger partial charge in [-0.2, -0.15) is 13.2 Å². The number of benzene rings is 1. The van der Waals surface area contributed by atoms with Crippen LogP contribution in [0.1, 0.15) is 24.1 Å². The van der Waals surface area contributed by atoms with Crippen LogP contribution >= 0.6 is 0 Å². The third kappa shape index (κ3) is 5.22. The lowest BCUT2D eigenvalue weighted by Crippen LogP contribution is -2.45. The largest absolute Gasteiger partial charge is 0.446 e. The molecule has 4 aromatic rings. The summed E-state index contributed by atoms with van der Waals surface area (Å²) in [4.78, 5) is 21.2. The van der Waals surface area contributed by atoms with Crippen molar-refractivity contribution in [2.45, 2.75) is 36.7 Å². The number of pyridine rings is 2. The van der Waals surface area contributed by atoms with Crippen molar-refractivity contribution in [2.75, 3.05) is 6.54 Å². The van der Waals surface area contributed by atoms with Gasteiger partial charge in [-0.3, -0.25) is 14.8 Å². The number of fused-ring (bicyclic) bond motifs is 1. The van der Waals surface area contributed by atoms with Gasteiger partial charge in [-0.1, -0.05) is 18.2 Å². The van der Waals surface area contributed by atoms with Crippen LogP contribution in [0.3, 0.4) is 0 Å². The molecule has 5 rings (SSSR count). The number of hydrogen-bond acceptors (Lipinski definition) is 6. The van der Waals surface area contributed by atoms with Gasteiger partial charge in [0.15, 0.2) is 8.68 Å². The molecule has 192 valence electrons. The van der Waals surface area contributed by atoms with Crippen molar-refractivity contribution in [3.8, 4) is 11.3 Å². The number of alkyl halides is 3. The lowest BCUT2D eigenvalue weighted by Gasteiger charge is -2.24. The molecule has 1 unspecified atom stereocenters. The van der Waals surface area contributed by atoms with Crippen molar-refractivity contribution >= 4 is 36.7 Å². The smallest absolute Gasteiger partial charge is 0.417 e. The number of aromatic nitrogens is 2. The van der Waals surface area contributed by atoms with Crippen molar-refractivity contribution in [3.05, 3.63) is 78.2 Å². The van der Waals surface area contributed by atoms with E-state index in [2.05, 4.69) is 15.3 Å². The summed E-state index contributed by atoms with van der Waals surface area (Å²) in [7, 11) is -3.20. The summed E-state index contributed by atoms with van der Waals surface area (Å²) in [6.45, 7) is 0.464. The van der Waals surface area contributed by atoms with E-state index >= 15 is 0 Å². The van der Waals surface area contributed by atoms with Crippen LogP contribution in [0.2, 0.25) is 0 Å². The lowest BCUT2D eigenvalue weighted by atomic mass is 10.1. The molecule has 1 aliphatic rings. The Morgan fingerprint density at radius 3 is 2.70 bits per heavy atom. The number of rotatable bonds is 6. The Hall–Kier alpha value is -3.35. The summed E-state index contributed by atoms with van der Waals surface area (Å²) in [5.41, 5.74) is 1.15. The average Bonchev–Trinajstić information content (AvgIpc) is 3.55. The molecule has 7 nitrogen and oxygen atoms in total. The molecule has 37 heavy (non-hydrogen) atoms. The van der Waals surface area contributed by atoms with E-state index in [1.54, 1.807) is 24.3 Å². The molecule has 1 N–H and O–H groups in total. The number of para-hydroxylation sites is 1. The van der Waals surface area contributed by atoms with Crippen molar-refractivity contribution in [1.82, 2.24) is 19.6 Å². The Morgan fingerprint density at radius 1 is 1.16 bits per heavy atom. The van der Waals surface area contributed by atoms with Gasteiger partial charge < -0.3 is 9.73 Å². The van der Waals surface area contributed by atoms with Crippen LogP contribution < -0.4 is 5.32 Å². The number of nitrogens with zero attached hydrogens (tertiary/aromatic N) is 3. The Kier molecular flexibility index (Phi) is 6.73. The third-order valence-corrected chi connectivity index (χ3v) is 8.95. The van der Waals surface area contributed by atoms with Gasteiger partial charge in [0.2, 0.25) is 11.0 Å². The van der Waals surface area contributed by atoms with Crippen LogP contribution in [0.5, 0.6) is 0 Å². The maximum atomic E-state index is 13.6. The van der Waals surface area contributed by atoms with E-state index < -0.39 is 26.5 Å². The third-order valence-electron chi connectivity index (χ3n) is 6.12. The summed E-state index contributed by atoms with van der Waals surface area (Å²) in [6, 6.07) is 13.7. The van der Waals surface area contributed by atoms with Gasteiger partial charge in [0.1, 0.15) is 11.6 Å². The molecule has 1 saturated heterocycles. The molecule has 1 fully saturated rings. The quantitative estimate of drug-likeness (QED) is 0.377. The highest BCUT2D eigenvalue weighted by Gasteiger charge is 2.38. The fraction of sp³-hybridized carbons (Fsp3) is 0.240. The zero-order chi connectivity index (χ0) is 26.2. The molecular formula is C25H21F3N4O3S2. The molecule has 1 amide bonds. The van der Waals surface area contributed by atoms with E-state index in [1.165, 1.54) is 16.6 Å². The number of hydrogen-bond donors (Lipinski definition) is 1. The molecule has 0 radical (unpaired) electrons. The van der Waals surface area contributed by atoms with Crippen LogP contribution in [0.25, 0.3) is 22.2 Å². The van der Waals surface area contributed by atoms with Gasteiger partial charge in [-0.05, 0) is 43.2 Å². The average molecular weight is 547 g/mol. The minimum absolute atomic E-state index is 0.0703. The van der Waals surface area contributed by atoms with Gasteiger partial charge in [0.05, 0.1) is 23.5 Å². The molecule has 1 aliphatic heterocycles. The number of nitrogens with one attached hydrogen (secondary N) is 1. The topological polar surface area (TPSA) is 88.3 Å². The lowest BCUT2D eigenvalue weighted by molar-refractivity contribution is -0.137. The Balaban J connectivity index is 1.28. The van der Waals surface area contributed by atoms with Crippen molar-refractivity contribution in [2.24, 2.45) is 0 Å². The van der Waals surface area contributed by atoms with Crippen LogP contribution in [0, 0.1) is 0 Å². The van der Waals surface area contributed by atoms with Crippen molar-refractivity contribution in [1.29, 1.82) is 0 Å². The first-order valence-electron chi connectivity index (χ1n) is 11.4. The van der Waals surface area contributed by atoms with Gasteiger partial charge in [0.25, 0.3) is 0 Å². The Morgan fingerprint density at radius 2 is 1.97 bits per heavy atom. The highest BCUT2D eigenvalue weighted by molar-refractivity contribution is 8.31. The first-order chi connectivity index (χ1) is 17.6. The fourth-order valence-electron chi connectivity index (χ4n) is 4.25. The molecule has 0 bridgehead atoms. The summed E-state index contributed by atoms with van der Waals surface area (Å²) >= 11 is 5.48. The van der Waals surface area contributed by atoms with Gasteiger partial charge >= 0.3 is 6.18 Å². The second-order valence-electron chi connectivity index (χ2n) is 8.56. The minimum atomic E-state index is -4.47. The van der Waals surface area contributed by atoms with E-state index in [0.29, 0.717) is 41.9 Å². The first kappa shape index (κ1) is 25.3. The standard InChI is InChI=1S/C25H21F3N4O3S2/c26-25(27,28)18-7-8-20(30-14-18)16-9-10-29-19(12-16)15-31-24(33)21-5-3-11-32(21)37(34,36)23-13-17-4-1-2-6-22(17)35-23/h1-2,4,6-10,12-14,21H,3,5,11,15H2,(H,31,33)/t21-,37?/m0/s1. The van der Waals surface area contributed by atoms with Gasteiger partial charge in [-0.15, -0.1) is 0 Å². The van der Waals surface area contributed by atoms with Gasteiger partial charge in [0, 0.05) is 47.1 Å². The first-order valence-corrected chi connectivity index (χ1v) is 13.8. The number of carbonyl (C=O) groups excluding carboxylic acids is 1. The van der Waals surface area contributed by atoms with E-state index in [-0.39, 0.29) is 17.5 Å². The summed E-state index contributed by atoms with van der Waals surface area (Å²) in [5, 5.41) is 3.75. The maximum Gasteiger partial charge on any atom is 0.417 e. The Labute approximate surface area is 215 Å². The second-order valence-corrected chi connectivity index (χ2v) is 11.7. The van der Waals surface area contributed by atoms with Crippen molar-refractivity contribution in [3.63, 3.8) is 0 Å². The normalized spacial score (nSPS) is 18.1. The minimum Gasteiger partial charge on any atom is -0.446 e. The number of carbonyl (C=O) groups is 1. The van der Waals surface area contributed by atoms with Crippen LogP contribution in [-0.2, 0) is 37.4 Å². The Bertz CT molecular complexity index is 1520. The van der Waals surface area contributed by atoms with E-state index in [0.717, 1.165) is 17.6 Å². The molecular weight excluding hydrogens is 525 g/mol. The molecule has 4 heterocycles. The molecule has 3 aromatic heterocycles. The zero-order valence-electron chi connectivity index (χ0n) is 19.3. The zero-order valence-corrected chi connectivity index (χ0v) is 20.9. The fourth-order valence-corrected chi connectivity index (χ4v) is 6.64. The molecule has 0 spiro atoms. The number of amides is 1. The van der Waals surface area contributed by atoms with E-state index in [4.69, 9.17) is 15.6 Å². The monoisotopic (exact) mass is 546 g/mol. The van der Waals surface area contributed by atoms with Gasteiger partial charge in [-0.25, -0.2) is 8.51 Å². The molecule has 2 atom stereocenters. The summed E-state index contributed by atoms with van der Waals surface area (Å²) in [6.07, 6.45) is -1.05. The van der Waals surface area contributed by atoms with Crippen LogP contribution in [-0.4, -0.2) is 37.0 Å².